The first kappa shape index (κ1) is 14.0. The van der Waals surface area contributed by atoms with E-state index >= 15 is 0 Å². The summed E-state index contributed by atoms with van der Waals surface area (Å²) >= 11 is 0. The summed E-state index contributed by atoms with van der Waals surface area (Å²) in [6.07, 6.45) is 3.29. The topological polar surface area (TPSA) is 44.5 Å². The average molecular weight is 237 g/mol. The van der Waals surface area contributed by atoms with Crippen LogP contribution in [-0.4, -0.2) is 25.9 Å². The second kappa shape index (κ2) is 9.02. The minimum atomic E-state index is 0.302. The largest absolute Gasteiger partial charge is 0.491 e. The normalized spacial score (nSPS) is 12.4. The van der Waals surface area contributed by atoms with Crippen LogP contribution in [0.15, 0.2) is 30.3 Å². The molecule has 0 saturated carbocycles. The Hall–Kier alpha value is -1.06. The van der Waals surface area contributed by atoms with Gasteiger partial charge in [-0.2, -0.15) is 0 Å². The lowest BCUT2D eigenvalue weighted by Crippen LogP contribution is -2.14. The van der Waals surface area contributed by atoms with Crippen molar-refractivity contribution in [3.8, 4) is 5.75 Å². The first-order chi connectivity index (χ1) is 8.29. The lowest BCUT2D eigenvalue weighted by atomic mass is 10.1. The quantitative estimate of drug-likeness (QED) is 0.671. The van der Waals surface area contributed by atoms with Gasteiger partial charge in [0.25, 0.3) is 0 Å². The van der Waals surface area contributed by atoms with Crippen LogP contribution in [0, 0.1) is 0 Å². The zero-order valence-corrected chi connectivity index (χ0v) is 10.6. The Morgan fingerprint density at radius 3 is 2.53 bits per heavy atom. The van der Waals surface area contributed by atoms with Gasteiger partial charge >= 0.3 is 0 Å². The SMILES string of the molecule is CC(N)CCCCOCCOc1ccccc1. The number of rotatable bonds is 9. The van der Waals surface area contributed by atoms with Crippen molar-refractivity contribution in [3.63, 3.8) is 0 Å². The summed E-state index contributed by atoms with van der Waals surface area (Å²) in [5.74, 6) is 0.896. The van der Waals surface area contributed by atoms with Crippen molar-refractivity contribution in [2.45, 2.75) is 32.2 Å². The molecule has 1 rings (SSSR count). The zero-order chi connectivity index (χ0) is 12.3. The van der Waals surface area contributed by atoms with E-state index in [0.717, 1.165) is 31.6 Å². The van der Waals surface area contributed by atoms with Gasteiger partial charge in [0.1, 0.15) is 12.4 Å². The highest BCUT2D eigenvalue weighted by atomic mass is 16.5. The molecule has 1 unspecified atom stereocenters. The molecule has 17 heavy (non-hydrogen) atoms. The third-order valence-corrected chi connectivity index (χ3v) is 2.44. The summed E-state index contributed by atoms with van der Waals surface area (Å²) in [5.41, 5.74) is 5.66. The van der Waals surface area contributed by atoms with Crippen LogP contribution in [0.25, 0.3) is 0 Å². The van der Waals surface area contributed by atoms with Crippen LogP contribution in [0.5, 0.6) is 5.75 Å². The molecule has 0 fully saturated rings. The molecule has 3 heteroatoms. The number of ether oxygens (including phenoxy) is 2. The predicted molar refractivity (Wildman–Crippen MR) is 70.3 cm³/mol. The molecular formula is C14H23NO2. The van der Waals surface area contributed by atoms with E-state index in [9.17, 15) is 0 Å². The molecule has 2 N–H and O–H groups in total. The number of hydrogen-bond acceptors (Lipinski definition) is 3. The molecule has 0 aliphatic rings. The van der Waals surface area contributed by atoms with Gasteiger partial charge in [-0.05, 0) is 38.3 Å². The minimum Gasteiger partial charge on any atom is -0.491 e. The van der Waals surface area contributed by atoms with E-state index in [1.807, 2.05) is 37.3 Å². The van der Waals surface area contributed by atoms with Crippen molar-refractivity contribution in [1.82, 2.24) is 0 Å². The van der Waals surface area contributed by atoms with E-state index < -0.39 is 0 Å². The van der Waals surface area contributed by atoms with Gasteiger partial charge < -0.3 is 15.2 Å². The van der Waals surface area contributed by atoms with Crippen LogP contribution in [-0.2, 0) is 4.74 Å². The summed E-state index contributed by atoms with van der Waals surface area (Å²) in [4.78, 5) is 0. The van der Waals surface area contributed by atoms with Crippen molar-refractivity contribution in [1.29, 1.82) is 0 Å². The molecule has 0 aromatic heterocycles. The summed E-state index contributed by atoms with van der Waals surface area (Å²) < 4.78 is 11.0. The molecule has 0 amide bonds. The minimum absolute atomic E-state index is 0.302. The maximum atomic E-state index is 5.66. The third-order valence-electron chi connectivity index (χ3n) is 2.44. The van der Waals surface area contributed by atoms with E-state index in [2.05, 4.69) is 0 Å². The highest BCUT2D eigenvalue weighted by molar-refractivity contribution is 5.20. The monoisotopic (exact) mass is 237 g/mol. The first-order valence-electron chi connectivity index (χ1n) is 6.30. The first-order valence-corrected chi connectivity index (χ1v) is 6.30. The Labute approximate surface area is 104 Å². The Morgan fingerprint density at radius 1 is 1.06 bits per heavy atom. The van der Waals surface area contributed by atoms with Gasteiger partial charge in [-0.25, -0.2) is 0 Å². The average Bonchev–Trinajstić information content (AvgIpc) is 2.33. The van der Waals surface area contributed by atoms with E-state index in [0.29, 0.717) is 19.3 Å². The fraction of sp³-hybridized carbons (Fsp3) is 0.571. The van der Waals surface area contributed by atoms with Gasteiger partial charge in [0.2, 0.25) is 0 Å². The Morgan fingerprint density at radius 2 is 1.82 bits per heavy atom. The number of nitrogens with two attached hydrogens (primary N) is 1. The van der Waals surface area contributed by atoms with Gasteiger partial charge in [0.05, 0.1) is 6.61 Å². The lowest BCUT2D eigenvalue weighted by Gasteiger charge is -2.07. The maximum absolute atomic E-state index is 5.66. The fourth-order valence-corrected chi connectivity index (χ4v) is 1.51. The van der Waals surface area contributed by atoms with Gasteiger partial charge in [-0.15, -0.1) is 0 Å². The van der Waals surface area contributed by atoms with Crippen LogP contribution in [0.1, 0.15) is 26.2 Å². The number of hydrogen-bond donors (Lipinski definition) is 1. The van der Waals surface area contributed by atoms with Crippen molar-refractivity contribution >= 4 is 0 Å². The molecule has 0 saturated heterocycles. The number of unbranched alkanes of at least 4 members (excludes halogenated alkanes) is 1. The molecule has 1 aromatic rings. The summed E-state index contributed by atoms with van der Waals surface area (Å²) in [5, 5.41) is 0. The summed E-state index contributed by atoms with van der Waals surface area (Å²) in [6, 6.07) is 10.1. The molecule has 1 atom stereocenters. The second-order valence-electron chi connectivity index (χ2n) is 4.25. The third kappa shape index (κ3) is 7.77. The standard InChI is InChI=1S/C14H23NO2/c1-13(15)7-5-6-10-16-11-12-17-14-8-3-2-4-9-14/h2-4,8-9,13H,5-7,10-12,15H2,1H3. The van der Waals surface area contributed by atoms with Crippen LogP contribution >= 0.6 is 0 Å². The highest BCUT2D eigenvalue weighted by Gasteiger charge is 1.95. The Balaban J connectivity index is 1.88. The Bertz CT molecular complexity index is 275. The molecule has 0 spiro atoms. The van der Waals surface area contributed by atoms with Crippen molar-refractivity contribution in [2.24, 2.45) is 5.73 Å². The molecule has 1 aromatic carbocycles. The fourth-order valence-electron chi connectivity index (χ4n) is 1.51. The van der Waals surface area contributed by atoms with E-state index in [1.165, 1.54) is 0 Å². The molecule has 0 aliphatic heterocycles. The number of para-hydroxylation sites is 1. The predicted octanol–water partition coefficient (Wildman–Crippen LogP) is 2.60. The van der Waals surface area contributed by atoms with Gasteiger partial charge in [-0.1, -0.05) is 18.2 Å². The van der Waals surface area contributed by atoms with Crippen LogP contribution in [0.3, 0.4) is 0 Å². The molecule has 0 heterocycles. The summed E-state index contributed by atoms with van der Waals surface area (Å²) in [7, 11) is 0. The van der Waals surface area contributed by atoms with Crippen LogP contribution in [0.4, 0.5) is 0 Å². The van der Waals surface area contributed by atoms with Gasteiger partial charge in [0.15, 0.2) is 0 Å². The van der Waals surface area contributed by atoms with Gasteiger partial charge in [0, 0.05) is 12.6 Å². The van der Waals surface area contributed by atoms with Crippen LogP contribution < -0.4 is 10.5 Å². The zero-order valence-electron chi connectivity index (χ0n) is 10.6. The van der Waals surface area contributed by atoms with Crippen LogP contribution in [0.2, 0.25) is 0 Å². The summed E-state index contributed by atoms with van der Waals surface area (Å²) in [6.45, 7) is 4.09. The smallest absolute Gasteiger partial charge is 0.119 e. The molecule has 3 nitrogen and oxygen atoms in total. The van der Waals surface area contributed by atoms with Gasteiger partial charge in [-0.3, -0.25) is 0 Å². The molecule has 0 radical (unpaired) electrons. The molecular weight excluding hydrogens is 214 g/mol. The van der Waals surface area contributed by atoms with E-state index in [1.54, 1.807) is 0 Å². The van der Waals surface area contributed by atoms with Crippen molar-refractivity contribution in [2.75, 3.05) is 19.8 Å². The van der Waals surface area contributed by atoms with Crippen molar-refractivity contribution in [3.05, 3.63) is 30.3 Å². The van der Waals surface area contributed by atoms with Crippen molar-refractivity contribution < 1.29 is 9.47 Å². The molecule has 0 bridgehead atoms. The van der Waals surface area contributed by atoms with E-state index in [4.69, 9.17) is 15.2 Å². The lowest BCUT2D eigenvalue weighted by molar-refractivity contribution is 0.0970. The Kier molecular flexibility index (Phi) is 7.43. The molecule has 0 aliphatic carbocycles. The highest BCUT2D eigenvalue weighted by Crippen LogP contribution is 2.07. The molecule has 96 valence electrons. The number of benzene rings is 1. The maximum Gasteiger partial charge on any atom is 0.119 e. The second-order valence-corrected chi connectivity index (χ2v) is 4.25. The van der Waals surface area contributed by atoms with E-state index in [-0.39, 0.29) is 0 Å².